The number of carbonyl (C=O) groups is 2. The molecule has 0 saturated carbocycles. The van der Waals surface area contributed by atoms with Crippen LogP contribution in [0.4, 0.5) is 0 Å². The number of nitrogens with one attached hydrogen (secondary N) is 1. The molecule has 11 heteroatoms. The highest BCUT2D eigenvalue weighted by molar-refractivity contribution is 7.89. The summed E-state index contributed by atoms with van der Waals surface area (Å²) in [6.45, 7) is 0.769. The standard InChI is InChI=1S/C19H29N3O7S/c1-28-16-9-8-13(11-17(16)29-2)30(26,27)22(19(25)7-3-6-18(20)24)14-5-4-10-21-12-15(14)23/h8-9,11,14-15,21,23H,3-7,10,12H2,1-2H3,(H2,20,24). The molecule has 2 rings (SSSR count). The molecule has 10 nitrogen and oxygen atoms in total. The summed E-state index contributed by atoms with van der Waals surface area (Å²) >= 11 is 0. The number of aliphatic hydroxyl groups excluding tert-OH is 1. The van der Waals surface area contributed by atoms with Crippen LogP contribution in [0.5, 0.6) is 11.5 Å². The maximum absolute atomic E-state index is 13.5. The van der Waals surface area contributed by atoms with Crippen LogP contribution in [0.3, 0.4) is 0 Å². The number of aliphatic hydroxyl groups is 1. The third-order valence-corrected chi connectivity index (χ3v) is 6.77. The summed E-state index contributed by atoms with van der Waals surface area (Å²) in [5, 5.41) is 13.6. The first-order valence-electron chi connectivity index (χ1n) is 9.68. The van der Waals surface area contributed by atoms with Gasteiger partial charge in [0.2, 0.25) is 11.8 Å². The van der Waals surface area contributed by atoms with Gasteiger partial charge in [-0.1, -0.05) is 0 Å². The Morgan fingerprint density at radius 3 is 2.57 bits per heavy atom. The highest BCUT2D eigenvalue weighted by Gasteiger charge is 2.39. The normalized spacial score (nSPS) is 19.6. The number of amides is 2. The predicted octanol–water partition coefficient (Wildman–Crippen LogP) is -0.0104. The minimum absolute atomic E-state index is 0.0369. The Morgan fingerprint density at radius 2 is 1.93 bits per heavy atom. The van der Waals surface area contributed by atoms with Gasteiger partial charge in [-0.3, -0.25) is 9.59 Å². The van der Waals surface area contributed by atoms with Crippen LogP contribution in [0.25, 0.3) is 0 Å². The van der Waals surface area contributed by atoms with E-state index in [4.69, 9.17) is 15.2 Å². The Labute approximate surface area is 176 Å². The summed E-state index contributed by atoms with van der Waals surface area (Å²) in [7, 11) is -1.51. The lowest BCUT2D eigenvalue weighted by Crippen LogP contribution is -2.51. The van der Waals surface area contributed by atoms with Gasteiger partial charge in [-0.2, -0.15) is 0 Å². The number of benzene rings is 1. The van der Waals surface area contributed by atoms with Gasteiger partial charge in [0.05, 0.1) is 31.3 Å². The van der Waals surface area contributed by atoms with Crippen LogP contribution in [0, 0.1) is 0 Å². The van der Waals surface area contributed by atoms with E-state index in [9.17, 15) is 23.1 Å². The van der Waals surface area contributed by atoms with E-state index in [-0.39, 0.29) is 36.5 Å². The lowest BCUT2D eigenvalue weighted by Gasteiger charge is -2.33. The molecule has 1 aliphatic heterocycles. The SMILES string of the molecule is COc1ccc(S(=O)(=O)N(C(=O)CCCC(N)=O)C2CCCNCC2O)cc1OC. The molecule has 0 spiro atoms. The van der Waals surface area contributed by atoms with E-state index in [0.717, 1.165) is 4.31 Å². The van der Waals surface area contributed by atoms with Gasteiger partial charge < -0.3 is 25.6 Å². The largest absolute Gasteiger partial charge is 0.493 e. The number of primary amides is 1. The number of carbonyl (C=O) groups excluding carboxylic acids is 2. The molecule has 1 fully saturated rings. The molecule has 1 aromatic carbocycles. The van der Waals surface area contributed by atoms with E-state index in [1.807, 2.05) is 0 Å². The van der Waals surface area contributed by atoms with Gasteiger partial charge >= 0.3 is 0 Å². The molecule has 0 bridgehead atoms. The number of hydrogen-bond donors (Lipinski definition) is 3. The number of rotatable bonds is 9. The van der Waals surface area contributed by atoms with Gasteiger partial charge in [0.15, 0.2) is 11.5 Å². The van der Waals surface area contributed by atoms with Crippen LogP contribution >= 0.6 is 0 Å². The zero-order valence-corrected chi connectivity index (χ0v) is 18.0. The molecular weight excluding hydrogens is 414 g/mol. The summed E-state index contributed by atoms with van der Waals surface area (Å²) < 4.78 is 38.1. The molecule has 168 valence electrons. The van der Waals surface area contributed by atoms with Gasteiger partial charge in [-0.25, -0.2) is 12.7 Å². The fourth-order valence-corrected chi connectivity index (χ4v) is 5.08. The van der Waals surface area contributed by atoms with E-state index < -0.39 is 34.0 Å². The Kier molecular flexibility index (Phi) is 8.44. The van der Waals surface area contributed by atoms with Crippen molar-refractivity contribution in [2.24, 2.45) is 5.73 Å². The third kappa shape index (κ3) is 5.61. The van der Waals surface area contributed by atoms with Gasteiger partial charge in [0.1, 0.15) is 0 Å². The van der Waals surface area contributed by atoms with E-state index in [0.29, 0.717) is 25.1 Å². The molecule has 2 unspecified atom stereocenters. The number of nitrogens with zero attached hydrogens (tertiary/aromatic N) is 1. The number of nitrogens with two attached hydrogens (primary N) is 1. The molecule has 1 heterocycles. The van der Waals surface area contributed by atoms with Crippen molar-refractivity contribution in [3.63, 3.8) is 0 Å². The van der Waals surface area contributed by atoms with Crippen LogP contribution in [-0.4, -0.2) is 69.1 Å². The fourth-order valence-electron chi connectivity index (χ4n) is 3.40. The second-order valence-corrected chi connectivity index (χ2v) is 8.83. The van der Waals surface area contributed by atoms with Gasteiger partial charge in [-0.15, -0.1) is 0 Å². The van der Waals surface area contributed by atoms with Crippen LogP contribution < -0.4 is 20.5 Å². The minimum atomic E-state index is -4.31. The quantitative estimate of drug-likeness (QED) is 0.483. The first-order chi connectivity index (χ1) is 14.2. The zero-order valence-electron chi connectivity index (χ0n) is 17.2. The Bertz CT molecular complexity index is 860. The predicted molar refractivity (Wildman–Crippen MR) is 109 cm³/mol. The van der Waals surface area contributed by atoms with Crippen molar-refractivity contribution >= 4 is 21.8 Å². The van der Waals surface area contributed by atoms with Crippen LogP contribution in [0.1, 0.15) is 32.1 Å². The van der Waals surface area contributed by atoms with Crippen molar-refractivity contribution in [3.05, 3.63) is 18.2 Å². The van der Waals surface area contributed by atoms with Crippen molar-refractivity contribution < 1.29 is 32.6 Å². The van der Waals surface area contributed by atoms with E-state index in [1.165, 1.54) is 32.4 Å². The van der Waals surface area contributed by atoms with Crippen molar-refractivity contribution in [3.8, 4) is 11.5 Å². The molecule has 2 amide bonds. The lowest BCUT2D eigenvalue weighted by atomic mass is 10.1. The summed E-state index contributed by atoms with van der Waals surface area (Å²) in [5.74, 6) is -0.731. The van der Waals surface area contributed by atoms with Crippen molar-refractivity contribution in [2.45, 2.75) is 49.1 Å². The maximum atomic E-state index is 13.5. The first kappa shape index (κ1) is 23.9. The molecule has 30 heavy (non-hydrogen) atoms. The molecule has 1 aliphatic rings. The topological polar surface area (TPSA) is 148 Å². The second kappa shape index (κ2) is 10.6. The van der Waals surface area contributed by atoms with Gasteiger partial charge in [-0.05, 0) is 37.9 Å². The van der Waals surface area contributed by atoms with Crippen LogP contribution in [-0.2, 0) is 19.6 Å². The zero-order chi connectivity index (χ0) is 22.3. The average molecular weight is 444 g/mol. The summed E-state index contributed by atoms with van der Waals surface area (Å²) in [6.07, 6.45) is -0.275. The smallest absolute Gasteiger partial charge is 0.266 e. The summed E-state index contributed by atoms with van der Waals surface area (Å²) in [6, 6.07) is 3.10. The number of sulfonamides is 1. The number of β-amino-alcohol motifs (C(OH)–C–C–N with tert-alkyl or cyclic N) is 1. The number of methoxy groups -OCH3 is 2. The molecule has 1 saturated heterocycles. The highest BCUT2D eigenvalue weighted by Crippen LogP contribution is 2.32. The van der Waals surface area contributed by atoms with Gasteiger partial charge in [0, 0.05) is 25.5 Å². The Morgan fingerprint density at radius 1 is 1.23 bits per heavy atom. The first-order valence-corrected chi connectivity index (χ1v) is 11.1. The lowest BCUT2D eigenvalue weighted by molar-refractivity contribution is -0.130. The summed E-state index contributed by atoms with van der Waals surface area (Å²) in [5.41, 5.74) is 5.12. The van der Waals surface area contributed by atoms with Crippen LogP contribution in [0.15, 0.2) is 23.1 Å². The average Bonchev–Trinajstić information content (AvgIpc) is 2.91. The molecular formula is C19H29N3O7S. The van der Waals surface area contributed by atoms with E-state index in [1.54, 1.807) is 0 Å². The van der Waals surface area contributed by atoms with E-state index in [2.05, 4.69) is 5.32 Å². The summed E-state index contributed by atoms with van der Waals surface area (Å²) in [4.78, 5) is 23.8. The number of ether oxygens (including phenoxy) is 2. The highest BCUT2D eigenvalue weighted by atomic mass is 32.2. The molecule has 0 radical (unpaired) electrons. The van der Waals surface area contributed by atoms with Crippen molar-refractivity contribution in [1.29, 1.82) is 0 Å². The Hall–Kier alpha value is -2.37. The Balaban J connectivity index is 2.45. The monoisotopic (exact) mass is 443 g/mol. The number of hydrogen-bond acceptors (Lipinski definition) is 8. The maximum Gasteiger partial charge on any atom is 0.266 e. The minimum Gasteiger partial charge on any atom is -0.493 e. The van der Waals surface area contributed by atoms with Gasteiger partial charge in [0.25, 0.3) is 10.0 Å². The molecule has 0 aromatic heterocycles. The van der Waals surface area contributed by atoms with Crippen LogP contribution in [0.2, 0.25) is 0 Å². The second-order valence-electron chi connectivity index (χ2n) is 7.01. The van der Waals surface area contributed by atoms with Crippen molar-refractivity contribution in [2.75, 3.05) is 27.3 Å². The van der Waals surface area contributed by atoms with E-state index >= 15 is 0 Å². The van der Waals surface area contributed by atoms with Crippen molar-refractivity contribution in [1.82, 2.24) is 9.62 Å². The molecule has 0 aliphatic carbocycles. The molecule has 2 atom stereocenters. The fraction of sp³-hybridized carbons (Fsp3) is 0.579. The third-order valence-electron chi connectivity index (χ3n) is 4.92. The molecule has 4 N–H and O–H groups in total. The molecule has 1 aromatic rings.